The van der Waals surface area contributed by atoms with E-state index < -0.39 is 6.23 Å². The number of guanidine groups is 2. The summed E-state index contributed by atoms with van der Waals surface area (Å²) in [5.74, 6) is -0.234. The molecule has 8 nitrogen and oxygen atoms in total. The lowest BCUT2D eigenvalue weighted by Gasteiger charge is -2.12. The summed E-state index contributed by atoms with van der Waals surface area (Å²) in [6.45, 7) is 4.83. The zero-order valence-electron chi connectivity index (χ0n) is 11.7. The minimum atomic E-state index is -0.573. The lowest BCUT2D eigenvalue weighted by Crippen LogP contribution is -2.27. The molecular formula is C11H26N6O2. The van der Waals surface area contributed by atoms with Crippen molar-refractivity contribution in [3.63, 3.8) is 0 Å². The van der Waals surface area contributed by atoms with Gasteiger partial charge in [-0.3, -0.25) is 0 Å². The quantitative estimate of drug-likeness (QED) is 0.187. The number of rotatable bonds is 10. The van der Waals surface area contributed by atoms with Gasteiger partial charge >= 0.3 is 0 Å². The van der Waals surface area contributed by atoms with Crippen molar-refractivity contribution in [2.75, 3.05) is 6.61 Å². The molecule has 0 aromatic carbocycles. The lowest BCUT2D eigenvalue weighted by atomic mass is 10.2. The first-order valence-electron chi connectivity index (χ1n) is 6.40. The Morgan fingerprint density at radius 2 is 1.79 bits per heavy atom. The van der Waals surface area contributed by atoms with Gasteiger partial charge in [-0.1, -0.05) is 6.92 Å². The average molecular weight is 274 g/mol. The molecule has 0 bridgehead atoms. The van der Waals surface area contributed by atoms with Gasteiger partial charge in [0.15, 0.2) is 5.96 Å². The van der Waals surface area contributed by atoms with Crippen LogP contribution in [-0.2, 0) is 9.57 Å². The summed E-state index contributed by atoms with van der Waals surface area (Å²) >= 11 is 0. The summed E-state index contributed by atoms with van der Waals surface area (Å²) in [6.07, 6.45) is 3.06. The van der Waals surface area contributed by atoms with Crippen molar-refractivity contribution in [3.8, 4) is 0 Å². The Labute approximate surface area is 114 Å². The lowest BCUT2D eigenvalue weighted by molar-refractivity contribution is 0.0440. The maximum Gasteiger partial charge on any atom is 0.228 e. The van der Waals surface area contributed by atoms with Crippen LogP contribution in [0.15, 0.2) is 10.1 Å². The molecule has 8 N–H and O–H groups in total. The number of aliphatic imine (C=N–C) groups is 1. The first kappa shape index (κ1) is 17.3. The Balaban J connectivity index is 3.93. The molecule has 0 fully saturated rings. The number of oxime groups is 1. The van der Waals surface area contributed by atoms with Gasteiger partial charge in [-0.25, -0.2) is 4.99 Å². The molecule has 0 radical (unpaired) electrons. The number of nitrogens with zero attached hydrogens (tertiary/aromatic N) is 2. The molecular weight excluding hydrogens is 248 g/mol. The van der Waals surface area contributed by atoms with Crippen molar-refractivity contribution < 1.29 is 9.57 Å². The first-order valence-corrected chi connectivity index (χ1v) is 6.40. The molecule has 8 heteroatoms. The summed E-state index contributed by atoms with van der Waals surface area (Å²) in [7, 11) is 0. The van der Waals surface area contributed by atoms with E-state index in [-0.39, 0.29) is 18.0 Å². The van der Waals surface area contributed by atoms with Crippen LogP contribution in [0.1, 0.15) is 39.5 Å². The van der Waals surface area contributed by atoms with Crippen LogP contribution in [0.3, 0.4) is 0 Å². The molecule has 19 heavy (non-hydrogen) atoms. The largest absolute Gasteiger partial charge is 0.379 e. The second-order valence-electron chi connectivity index (χ2n) is 4.22. The van der Waals surface area contributed by atoms with Crippen LogP contribution in [-0.4, -0.2) is 30.9 Å². The topological polar surface area (TPSA) is 147 Å². The molecule has 0 spiro atoms. The molecule has 0 rings (SSSR count). The highest BCUT2D eigenvalue weighted by atomic mass is 16.6. The summed E-state index contributed by atoms with van der Waals surface area (Å²) in [5.41, 5.74) is 20.9. The fourth-order valence-corrected chi connectivity index (χ4v) is 1.25. The fraction of sp³-hybridized carbons (Fsp3) is 0.818. The monoisotopic (exact) mass is 274 g/mol. The van der Waals surface area contributed by atoms with Gasteiger partial charge in [-0.2, -0.15) is 0 Å². The Hall–Kier alpha value is -1.70. The van der Waals surface area contributed by atoms with Crippen LogP contribution in [0.5, 0.6) is 0 Å². The van der Waals surface area contributed by atoms with Crippen molar-refractivity contribution in [1.29, 1.82) is 0 Å². The first-order chi connectivity index (χ1) is 8.95. The van der Waals surface area contributed by atoms with E-state index >= 15 is 0 Å². The van der Waals surface area contributed by atoms with Gasteiger partial charge in [0.05, 0.1) is 6.10 Å². The van der Waals surface area contributed by atoms with Crippen LogP contribution in [0, 0.1) is 0 Å². The molecule has 2 unspecified atom stereocenters. The van der Waals surface area contributed by atoms with Crippen LogP contribution in [0.2, 0.25) is 0 Å². The third kappa shape index (κ3) is 11.1. The van der Waals surface area contributed by atoms with Crippen LogP contribution < -0.4 is 22.9 Å². The molecule has 0 saturated heterocycles. The maximum atomic E-state index is 5.56. The van der Waals surface area contributed by atoms with Gasteiger partial charge in [0, 0.05) is 13.0 Å². The van der Waals surface area contributed by atoms with Gasteiger partial charge in [0.25, 0.3) is 0 Å². The van der Waals surface area contributed by atoms with E-state index in [1.165, 1.54) is 0 Å². The number of unbranched alkanes of at least 4 members (excludes halogenated alkanes) is 1. The zero-order chi connectivity index (χ0) is 14.7. The number of nitrogens with two attached hydrogens (primary N) is 4. The van der Waals surface area contributed by atoms with Crippen molar-refractivity contribution in [2.24, 2.45) is 33.1 Å². The normalized spacial score (nSPS) is 13.4. The summed E-state index contributed by atoms with van der Waals surface area (Å²) in [6, 6.07) is 0. The second-order valence-corrected chi connectivity index (χ2v) is 4.22. The average Bonchev–Trinajstić information content (AvgIpc) is 2.34. The van der Waals surface area contributed by atoms with Crippen molar-refractivity contribution in [1.82, 2.24) is 0 Å². The fourth-order valence-electron chi connectivity index (χ4n) is 1.25. The SMILES string of the molecule is CCC(C)OCCCCC(N=C(N)N)ON=C(N)N. The van der Waals surface area contributed by atoms with E-state index in [1.807, 2.05) is 6.92 Å². The molecule has 0 amide bonds. The van der Waals surface area contributed by atoms with Crippen molar-refractivity contribution >= 4 is 11.9 Å². The van der Waals surface area contributed by atoms with Crippen molar-refractivity contribution in [3.05, 3.63) is 0 Å². The molecule has 0 aliphatic heterocycles. The standard InChI is InChI=1S/C11H26N6O2/c1-3-8(2)18-7-5-4-6-9(16-10(12)13)19-17-11(14)15/h8-9H,3-7H2,1-2H3,(H4,12,13,16)(H4,14,15,17). The molecule has 0 saturated carbocycles. The molecule has 0 aliphatic carbocycles. The van der Waals surface area contributed by atoms with Gasteiger partial charge < -0.3 is 32.5 Å². The molecule has 0 aliphatic rings. The Morgan fingerprint density at radius 1 is 1.11 bits per heavy atom. The minimum absolute atomic E-state index is 0.0633. The van der Waals surface area contributed by atoms with Crippen LogP contribution in [0.25, 0.3) is 0 Å². The number of hydrogen-bond donors (Lipinski definition) is 4. The summed E-state index contributed by atoms with van der Waals surface area (Å²) in [4.78, 5) is 8.90. The number of hydrogen-bond acceptors (Lipinski definition) is 4. The second kappa shape index (κ2) is 10.2. The predicted molar refractivity (Wildman–Crippen MR) is 76.0 cm³/mol. The zero-order valence-corrected chi connectivity index (χ0v) is 11.7. The van der Waals surface area contributed by atoms with E-state index in [0.29, 0.717) is 13.0 Å². The smallest absolute Gasteiger partial charge is 0.228 e. The highest BCUT2D eigenvalue weighted by Gasteiger charge is 2.08. The predicted octanol–water partition coefficient (Wildman–Crippen LogP) is -0.224. The Morgan fingerprint density at radius 3 is 2.32 bits per heavy atom. The molecule has 0 aromatic heterocycles. The maximum absolute atomic E-state index is 5.56. The van der Waals surface area contributed by atoms with Crippen LogP contribution in [0.4, 0.5) is 0 Å². The number of ether oxygens (including phenoxy) is 1. The summed E-state index contributed by atoms with van der Waals surface area (Å²) < 4.78 is 5.56. The molecule has 2 atom stereocenters. The van der Waals surface area contributed by atoms with E-state index in [1.54, 1.807) is 0 Å². The van der Waals surface area contributed by atoms with E-state index in [9.17, 15) is 0 Å². The van der Waals surface area contributed by atoms with Gasteiger partial charge in [0.1, 0.15) is 0 Å². The van der Waals surface area contributed by atoms with Crippen LogP contribution >= 0.6 is 0 Å². The van der Waals surface area contributed by atoms with E-state index in [2.05, 4.69) is 17.1 Å². The molecule has 0 heterocycles. The molecule has 112 valence electrons. The van der Waals surface area contributed by atoms with Gasteiger partial charge in [-0.05, 0) is 31.3 Å². The van der Waals surface area contributed by atoms with E-state index in [0.717, 1.165) is 19.3 Å². The third-order valence-corrected chi connectivity index (χ3v) is 2.40. The Bertz CT molecular complexity index is 287. The molecule has 0 aromatic rings. The van der Waals surface area contributed by atoms with Crippen molar-refractivity contribution in [2.45, 2.75) is 51.9 Å². The van der Waals surface area contributed by atoms with Gasteiger partial charge in [-0.15, -0.1) is 0 Å². The minimum Gasteiger partial charge on any atom is -0.379 e. The summed E-state index contributed by atoms with van der Waals surface area (Å²) in [5, 5.41) is 3.44. The highest BCUT2D eigenvalue weighted by Crippen LogP contribution is 2.08. The van der Waals surface area contributed by atoms with Gasteiger partial charge in [0.2, 0.25) is 12.2 Å². The Kier molecular flexibility index (Phi) is 9.33. The highest BCUT2D eigenvalue weighted by molar-refractivity contribution is 5.76. The van der Waals surface area contributed by atoms with E-state index in [4.69, 9.17) is 32.5 Å². The third-order valence-electron chi connectivity index (χ3n) is 2.40.